The minimum absolute atomic E-state index is 0.0232. The summed E-state index contributed by atoms with van der Waals surface area (Å²) in [6, 6.07) is 7.31. The van der Waals surface area contributed by atoms with Gasteiger partial charge in [0.05, 0.1) is 11.3 Å². The summed E-state index contributed by atoms with van der Waals surface area (Å²) in [5.41, 5.74) is 1.78. The van der Waals surface area contributed by atoms with Crippen LogP contribution >= 0.6 is 0 Å². The molecule has 1 amide bonds. The van der Waals surface area contributed by atoms with Crippen molar-refractivity contribution in [3.05, 3.63) is 29.3 Å². The number of carbonyl (C=O) groups excluding carboxylic acids is 2. The van der Waals surface area contributed by atoms with Gasteiger partial charge in [-0.05, 0) is 25.5 Å². The number of hydrogen-bond acceptors (Lipinski definition) is 3. The standard InChI is InChI=1S/C13H14N2O2/c1-9-4-3-5-12(11(9)8-14)15-13(17)7-6-10(2)16/h3-5H,6-7H2,1-2H3,(H,15,17). The fraction of sp³-hybridized carbons (Fsp3) is 0.308. The molecule has 0 radical (unpaired) electrons. The summed E-state index contributed by atoms with van der Waals surface area (Å²) < 4.78 is 0. The third-order valence-electron chi connectivity index (χ3n) is 2.36. The quantitative estimate of drug-likeness (QED) is 0.861. The number of nitrogens with zero attached hydrogens (tertiary/aromatic N) is 1. The largest absolute Gasteiger partial charge is 0.325 e. The highest BCUT2D eigenvalue weighted by Crippen LogP contribution is 2.18. The summed E-state index contributed by atoms with van der Waals surface area (Å²) in [5.74, 6) is -0.271. The molecule has 0 aromatic heterocycles. The van der Waals surface area contributed by atoms with Gasteiger partial charge in [0.2, 0.25) is 5.91 Å². The highest BCUT2D eigenvalue weighted by Gasteiger charge is 2.09. The molecule has 1 rings (SSSR count). The van der Waals surface area contributed by atoms with Gasteiger partial charge in [-0.1, -0.05) is 12.1 Å². The molecular formula is C13H14N2O2. The van der Waals surface area contributed by atoms with E-state index in [2.05, 4.69) is 11.4 Å². The van der Waals surface area contributed by atoms with Crippen molar-refractivity contribution >= 4 is 17.4 Å². The van der Waals surface area contributed by atoms with Gasteiger partial charge in [0, 0.05) is 12.8 Å². The number of aryl methyl sites for hydroxylation is 1. The number of anilines is 1. The fourth-order valence-corrected chi connectivity index (χ4v) is 1.42. The lowest BCUT2D eigenvalue weighted by Crippen LogP contribution is -2.13. The van der Waals surface area contributed by atoms with E-state index in [0.29, 0.717) is 11.3 Å². The Hall–Kier alpha value is -2.15. The van der Waals surface area contributed by atoms with Crippen molar-refractivity contribution in [2.45, 2.75) is 26.7 Å². The third kappa shape index (κ3) is 3.72. The third-order valence-corrected chi connectivity index (χ3v) is 2.36. The first-order chi connectivity index (χ1) is 8.04. The lowest BCUT2D eigenvalue weighted by atomic mass is 10.1. The molecule has 0 heterocycles. The van der Waals surface area contributed by atoms with Crippen LogP contribution in [0.1, 0.15) is 30.9 Å². The molecule has 1 N–H and O–H groups in total. The van der Waals surface area contributed by atoms with Gasteiger partial charge < -0.3 is 10.1 Å². The Bertz CT molecular complexity index is 487. The number of carbonyl (C=O) groups is 2. The summed E-state index contributed by atoms with van der Waals surface area (Å²) in [5, 5.41) is 11.6. The van der Waals surface area contributed by atoms with E-state index in [1.807, 2.05) is 13.0 Å². The van der Waals surface area contributed by atoms with Crippen LogP contribution in [0.2, 0.25) is 0 Å². The van der Waals surface area contributed by atoms with Crippen molar-refractivity contribution in [1.82, 2.24) is 0 Å². The average Bonchev–Trinajstić information content (AvgIpc) is 2.27. The fourth-order valence-electron chi connectivity index (χ4n) is 1.42. The van der Waals surface area contributed by atoms with E-state index in [1.165, 1.54) is 6.92 Å². The maximum absolute atomic E-state index is 11.5. The summed E-state index contributed by atoms with van der Waals surface area (Å²) >= 11 is 0. The van der Waals surface area contributed by atoms with Crippen molar-refractivity contribution in [3.8, 4) is 6.07 Å². The minimum atomic E-state index is -0.248. The first-order valence-electron chi connectivity index (χ1n) is 5.33. The number of nitrogens with one attached hydrogen (secondary N) is 1. The summed E-state index contributed by atoms with van der Waals surface area (Å²) in [4.78, 5) is 22.3. The van der Waals surface area contributed by atoms with Gasteiger partial charge in [-0.2, -0.15) is 5.26 Å². The molecular weight excluding hydrogens is 216 g/mol. The predicted molar refractivity (Wildman–Crippen MR) is 64.4 cm³/mol. The van der Waals surface area contributed by atoms with Gasteiger partial charge >= 0.3 is 0 Å². The Morgan fingerprint density at radius 1 is 1.35 bits per heavy atom. The van der Waals surface area contributed by atoms with Crippen LogP contribution in [0.25, 0.3) is 0 Å². The van der Waals surface area contributed by atoms with Gasteiger partial charge in [0.25, 0.3) is 0 Å². The molecule has 0 atom stereocenters. The second-order valence-electron chi connectivity index (χ2n) is 3.86. The van der Waals surface area contributed by atoms with Crippen LogP contribution in [0.3, 0.4) is 0 Å². The van der Waals surface area contributed by atoms with Gasteiger partial charge in [-0.25, -0.2) is 0 Å². The second kappa shape index (κ2) is 5.80. The van der Waals surface area contributed by atoms with E-state index in [4.69, 9.17) is 5.26 Å². The van der Waals surface area contributed by atoms with E-state index >= 15 is 0 Å². The Labute approximate surface area is 100 Å². The topological polar surface area (TPSA) is 70.0 Å². The van der Waals surface area contributed by atoms with Gasteiger partial charge in [-0.3, -0.25) is 4.79 Å². The van der Waals surface area contributed by atoms with Crippen LogP contribution in [0.4, 0.5) is 5.69 Å². The van der Waals surface area contributed by atoms with Crippen LogP contribution in [0.15, 0.2) is 18.2 Å². The lowest BCUT2D eigenvalue weighted by Gasteiger charge is -2.08. The van der Waals surface area contributed by atoms with Crippen molar-refractivity contribution in [2.75, 3.05) is 5.32 Å². The average molecular weight is 230 g/mol. The molecule has 0 spiro atoms. The minimum Gasteiger partial charge on any atom is -0.325 e. The Kier molecular flexibility index (Phi) is 4.41. The zero-order valence-electron chi connectivity index (χ0n) is 9.91. The first kappa shape index (κ1) is 12.9. The molecule has 0 saturated carbocycles. The maximum Gasteiger partial charge on any atom is 0.224 e. The SMILES string of the molecule is CC(=O)CCC(=O)Nc1cccc(C)c1C#N. The summed E-state index contributed by atoms with van der Waals surface area (Å²) in [7, 11) is 0. The Morgan fingerprint density at radius 3 is 2.65 bits per heavy atom. The number of benzene rings is 1. The van der Waals surface area contributed by atoms with Crippen molar-refractivity contribution < 1.29 is 9.59 Å². The Balaban J connectivity index is 2.75. The summed E-state index contributed by atoms with van der Waals surface area (Å²) in [6.45, 7) is 3.25. The van der Waals surface area contributed by atoms with Crippen molar-refractivity contribution in [2.24, 2.45) is 0 Å². The van der Waals surface area contributed by atoms with E-state index in [0.717, 1.165) is 5.56 Å². The normalized spacial score (nSPS) is 9.47. The van der Waals surface area contributed by atoms with E-state index in [1.54, 1.807) is 12.1 Å². The molecule has 0 fully saturated rings. The molecule has 0 aliphatic heterocycles. The first-order valence-corrected chi connectivity index (χ1v) is 5.33. The van der Waals surface area contributed by atoms with E-state index in [-0.39, 0.29) is 24.5 Å². The van der Waals surface area contributed by atoms with Gasteiger partial charge in [0.15, 0.2) is 0 Å². The molecule has 88 valence electrons. The molecule has 0 saturated heterocycles. The van der Waals surface area contributed by atoms with Crippen LogP contribution in [0, 0.1) is 18.3 Å². The molecule has 17 heavy (non-hydrogen) atoms. The van der Waals surface area contributed by atoms with Gasteiger partial charge in [-0.15, -0.1) is 0 Å². The zero-order valence-corrected chi connectivity index (χ0v) is 9.91. The van der Waals surface area contributed by atoms with Crippen molar-refractivity contribution in [3.63, 3.8) is 0 Å². The highest BCUT2D eigenvalue weighted by molar-refractivity contribution is 5.94. The zero-order chi connectivity index (χ0) is 12.8. The van der Waals surface area contributed by atoms with Crippen LogP contribution in [-0.4, -0.2) is 11.7 Å². The highest BCUT2D eigenvalue weighted by atomic mass is 16.2. The molecule has 1 aromatic rings. The second-order valence-corrected chi connectivity index (χ2v) is 3.86. The molecule has 1 aromatic carbocycles. The van der Waals surface area contributed by atoms with Gasteiger partial charge in [0.1, 0.15) is 11.9 Å². The number of ketones is 1. The monoisotopic (exact) mass is 230 g/mol. The smallest absolute Gasteiger partial charge is 0.224 e. The molecule has 0 aliphatic carbocycles. The maximum atomic E-state index is 11.5. The van der Waals surface area contributed by atoms with E-state index in [9.17, 15) is 9.59 Å². The molecule has 0 bridgehead atoms. The summed E-state index contributed by atoms with van der Waals surface area (Å²) in [6.07, 6.45) is 0.369. The number of hydrogen-bond donors (Lipinski definition) is 1. The van der Waals surface area contributed by atoms with Crippen LogP contribution in [-0.2, 0) is 9.59 Å². The number of amides is 1. The predicted octanol–water partition coefficient (Wildman–Crippen LogP) is 2.17. The van der Waals surface area contributed by atoms with Crippen LogP contribution in [0.5, 0.6) is 0 Å². The van der Waals surface area contributed by atoms with Crippen LogP contribution < -0.4 is 5.32 Å². The lowest BCUT2D eigenvalue weighted by molar-refractivity contribution is -0.121. The molecule has 4 nitrogen and oxygen atoms in total. The number of Topliss-reactive ketones (excluding diaryl/α,β-unsaturated/α-hetero) is 1. The number of rotatable bonds is 4. The molecule has 0 unspecified atom stereocenters. The molecule has 0 aliphatic rings. The van der Waals surface area contributed by atoms with E-state index < -0.39 is 0 Å². The number of nitriles is 1. The Morgan fingerprint density at radius 2 is 2.06 bits per heavy atom. The van der Waals surface area contributed by atoms with Crippen molar-refractivity contribution in [1.29, 1.82) is 5.26 Å². The molecule has 4 heteroatoms.